The fourth-order valence-corrected chi connectivity index (χ4v) is 1.38. The van der Waals surface area contributed by atoms with Gasteiger partial charge in [0.15, 0.2) is 0 Å². The van der Waals surface area contributed by atoms with E-state index in [0.717, 1.165) is 12.8 Å². The van der Waals surface area contributed by atoms with Crippen molar-refractivity contribution in [1.29, 1.82) is 5.26 Å². The van der Waals surface area contributed by atoms with E-state index in [1.807, 2.05) is 6.07 Å². The second kappa shape index (κ2) is 3.94. The molecule has 0 bridgehead atoms. The number of nitrogens with two attached hydrogens (primary N) is 1. The van der Waals surface area contributed by atoms with Crippen LogP contribution in [0, 0.1) is 11.3 Å². The number of nitrogens with zero attached hydrogens (tertiary/aromatic N) is 3. The molecule has 0 aliphatic heterocycles. The first-order valence-corrected chi connectivity index (χ1v) is 4.47. The summed E-state index contributed by atoms with van der Waals surface area (Å²) in [6.07, 6.45) is 3.48. The SMILES string of the molecule is CCC(CC)n1ncc(C#N)c1N. The van der Waals surface area contributed by atoms with E-state index < -0.39 is 0 Å². The number of nitrogen functional groups attached to an aromatic ring is 1. The highest BCUT2D eigenvalue weighted by Crippen LogP contribution is 2.20. The predicted octanol–water partition coefficient (Wildman–Crippen LogP) is 1.70. The Morgan fingerprint density at radius 1 is 1.62 bits per heavy atom. The van der Waals surface area contributed by atoms with Crippen molar-refractivity contribution in [2.45, 2.75) is 32.7 Å². The van der Waals surface area contributed by atoms with Crippen LogP contribution >= 0.6 is 0 Å². The van der Waals surface area contributed by atoms with E-state index in [9.17, 15) is 0 Å². The van der Waals surface area contributed by atoms with Crippen LogP contribution in [0.15, 0.2) is 6.20 Å². The number of aromatic nitrogens is 2. The van der Waals surface area contributed by atoms with E-state index in [1.165, 1.54) is 6.20 Å². The summed E-state index contributed by atoms with van der Waals surface area (Å²) in [6.45, 7) is 4.17. The molecule has 4 heteroatoms. The Kier molecular flexibility index (Phi) is 2.91. The van der Waals surface area contributed by atoms with Gasteiger partial charge in [0.1, 0.15) is 17.5 Å². The lowest BCUT2D eigenvalue weighted by Gasteiger charge is -2.14. The van der Waals surface area contributed by atoms with E-state index in [0.29, 0.717) is 17.4 Å². The summed E-state index contributed by atoms with van der Waals surface area (Å²) >= 11 is 0. The molecule has 0 amide bonds. The summed E-state index contributed by atoms with van der Waals surface area (Å²) in [5, 5.41) is 12.8. The molecule has 0 unspecified atom stereocenters. The van der Waals surface area contributed by atoms with Crippen LogP contribution in [-0.2, 0) is 0 Å². The minimum absolute atomic E-state index is 0.307. The second-order valence-electron chi connectivity index (χ2n) is 2.97. The van der Waals surface area contributed by atoms with E-state index in [2.05, 4.69) is 18.9 Å². The maximum absolute atomic E-state index is 8.68. The van der Waals surface area contributed by atoms with Crippen molar-refractivity contribution in [2.75, 3.05) is 5.73 Å². The Labute approximate surface area is 78.0 Å². The second-order valence-corrected chi connectivity index (χ2v) is 2.97. The Morgan fingerprint density at radius 3 is 2.62 bits per heavy atom. The third-order valence-corrected chi connectivity index (χ3v) is 2.24. The van der Waals surface area contributed by atoms with Crippen molar-refractivity contribution >= 4 is 5.82 Å². The summed E-state index contributed by atoms with van der Waals surface area (Å²) in [6, 6.07) is 2.32. The molecule has 4 nitrogen and oxygen atoms in total. The zero-order chi connectivity index (χ0) is 9.84. The summed E-state index contributed by atoms with van der Waals surface area (Å²) < 4.78 is 1.73. The van der Waals surface area contributed by atoms with Crippen LogP contribution in [0.2, 0.25) is 0 Å². The lowest BCUT2D eigenvalue weighted by molar-refractivity contribution is 0.434. The fourth-order valence-electron chi connectivity index (χ4n) is 1.38. The lowest BCUT2D eigenvalue weighted by Crippen LogP contribution is -2.11. The van der Waals surface area contributed by atoms with Gasteiger partial charge in [-0.2, -0.15) is 10.4 Å². The normalized spacial score (nSPS) is 10.3. The molecule has 0 radical (unpaired) electrons. The van der Waals surface area contributed by atoms with Gasteiger partial charge in [0.2, 0.25) is 0 Å². The molecule has 1 heterocycles. The molecule has 0 fully saturated rings. The molecular formula is C9H14N4. The Morgan fingerprint density at radius 2 is 2.23 bits per heavy atom. The number of hydrogen-bond donors (Lipinski definition) is 1. The van der Waals surface area contributed by atoms with Gasteiger partial charge in [0.05, 0.1) is 12.2 Å². The maximum Gasteiger partial charge on any atom is 0.140 e. The van der Waals surface area contributed by atoms with Crippen LogP contribution in [0.1, 0.15) is 38.3 Å². The van der Waals surface area contributed by atoms with Crippen LogP contribution in [0.5, 0.6) is 0 Å². The highest BCUT2D eigenvalue weighted by molar-refractivity contribution is 5.47. The van der Waals surface area contributed by atoms with Crippen molar-refractivity contribution < 1.29 is 0 Å². The minimum atomic E-state index is 0.307. The smallest absolute Gasteiger partial charge is 0.140 e. The van der Waals surface area contributed by atoms with Gasteiger partial charge in [-0.3, -0.25) is 0 Å². The third kappa shape index (κ3) is 1.64. The maximum atomic E-state index is 8.68. The summed E-state index contributed by atoms with van der Waals surface area (Å²) in [7, 11) is 0. The minimum Gasteiger partial charge on any atom is -0.383 e. The van der Waals surface area contributed by atoms with E-state index in [-0.39, 0.29) is 0 Å². The topological polar surface area (TPSA) is 67.6 Å². The highest BCUT2D eigenvalue weighted by Gasteiger charge is 2.12. The molecule has 0 spiro atoms. The number of hydrogen-bond acceptors (Lipinski definition) is 3. The van der Waals surface area contributed by atoms with Gasteiger partial charge >= 0.3 is 0 Å². The average molecular weight is 178 g/mol. The van der Waals surface area contributed by atoms with Crippen molar-refractivity contribution in [1.82, 2.24) is 9.78 Å². The van der Waals surface area contributed by atoms with Gasteiger partial charge in [0.25, 0.3) is 0 Å². The van der Waals surface area contributed by atoms with E-state index in [4.69, 9.17) is 11.0 Å². The zero-order valence-electron chi connectivity index (χ0n) is 7.99. The fraction of sp³-hybridized carbons (Fsp3) is 0.556. The van der Waals surface area contributed by atoms with Crippen molar-refractivity contribution in [3.05, 3.63) is 11.8 Å². The molecule has 0 aromatic carbocycles. The molecule has 70 valence electrons. The van der Waals surface area contributed by atoms with Crippen LogP contribution in [0.25, 0.3) is 0 Å². The van der Waals surface area contributed by atoms with Gasteiger partial charge in [-0.1, -0.05) is 13.8 Å². The first-order valence-electron chi connectivity index (χ1n) is 4.47. The molecule has 1 rings (SSSR count). The quantitative estimate of drug-likeness (QED) is 0.765. The largest absolute Gasteiger partial charge is 0.383 e. The average Bonchev–Trinajstić information content (AvgIpc) is 2.50. The Bertz CT molecular complexity index is 317. The van der Waals surface area contributed by atoms with Gasteiger partial charge in [-0.25, -0.2) is 4.68 Å². The molecule has 1 aromatic heterocycles. The van der Waals surface area contributed by atoms with Gasteiger partial charge < -0.3 is 5.73 Å². The number of nitriles is 1. The van der Waals surface area contributed by atoms with Crippen molar-refractivity contribution in [2.24, 2.45) is 0 Å². The Hall–Kier alpha value is -1.50. The van der Waals surface area contributed by atoms with Gasteiger partial charge in [-0.15, -0.1) is 0 Å². The summed E-state index contributed by atoms with van der Waals surface area (Å²) in [4.78, 5) is 0. The number of anilines is 1. The molecule has 0 aliphatic carbocycles. The van der Waals surface area contributed by atoms with Crippen LogP contribution in [0.4, 0.5) is 5.82 Å². The molecule has 0 saturated carbocycles. The molecule has 2 N–H and O–H groups in total. The van der Waals surface area contributed by atoms with Crippen molar-refractivity contribution in [3.63, 3.8) is 0 Å². The van der Waals surface area contributed by atoms with Crippen LogP contribution in [-0.4, -0.2) is 9.78 Å². The molecule has 0 saturated heterocycles. The molecule has 1 aromatic rings. The van der Waals surface area contributed by atoms with E-state index in [1.54, 1.807) is 4.68 Å². The predicted molar refractivity (Wildman–Crippen MR) is 51.0 cm³/mol. The molecular weight excluding hydrogens is 164 g/mol. The lowest BCUT2D eigenvalue weighted by atomic mass is 10.2. The molecule has 13 heavy (non-hydrogen) atoms. The van der Waals surface area contributed by atoms with Crippen molar-refractivity contribution in [3.8, 4) is 6.07 Å². The monoisotopic (exact) mass is 178 g/mol. The molecule has 0 atom stereocenters. The summed E-state index contributed by atoms with van der Waals surface area (Å²) in [5.41, 5.74) is 6.21. The third-order valence-electron chi connectivity index (χ3n) is 2.24. The first kappa shape index (κ1) is 9.59. The highest BCUT2D eigenvalue weighted by atomic mass is 15.3. The van der Waals surface area contributed by atoms with E-state index >= 15 is 0 Å². The summed E-state index contributed by atoms with van der Waals surface area (Å²) in [5.74, 6) is 0.483. The van der Waals surface area contributed by atoms with Crippen LogP contribution < -0.4 is 5.73 Å². The standard InChI is InChI=1S/C9H14N4/c1-3-8(4-2)13-9(11)7(5-10)6-12-13/h6,8H,3-4,11H2,1-2H3. The van der Waals surface area contributed by atoms with Gasteiger partial charge in [0, 0.05) is 0 Å². The van der Waals surface area contributed by atoms with Gasteiger partial charge in [-0.05, 0) is 12.8 Å². The zero-order valence-corrected chi connectivity index (χ0v) is 7.99. The molecule has 0 aliphatic rings. The Balaban J connectivity index is 3.02. The van der Waals surface area contributed by atoms with Crippen LogP contribution in [0.3, 0.4) is 0 Å². The first-order chi connectivity index (χ1) is 6.24. The number of rotatable bonds is 3.